The highest BCUT2D eigenvalue weighted by molar-refractivity contribution is 5.80. The number of ether oxygens (including phenoxy) is 1. The number of rotatable bonds is 5. The van der Waals surface area contributed by atoms with E-state index in [0.717, 1.165) is 33.8 Å². The van der Waals surface area contributed by atoms with Crippen molar-refractivity contribution in [1.29, 1.82) is 0 Å². The molecule has 1 N–H and O–H groups in total. The van der Waals surface area contributed by atoms with Crippen LogP contribution in [0.3, 0.4) is 0 Å². The van der Waals surface area contributed by atoms with Gasteiger partial charge in [0.15, 0.2) is 0 Å². The van der Waals surface area contributed by atoms with Crippen molar-refractivity contribution in [3.63, 3.8) is 0 Å². The van der Waals surface area contributed by atoms with Gasteiger partial charge in [-0.25, -0.2) is 0 Å². The van der Waals surface area contributed by atoms with Gasteiger partial charge in [-0.05, 0) is 54.1 Å². The van der Waals surface area contributed by atoms with Crippen LogP contribution in [0.4, 0.5) is 0 Å². The summed E-state index contributed by atoms with van der Waals surface area (Å²) in [6.45, 7) is 0.451. The van der Waals surface area contributed by atoms with Crippen molar-refractivity contribution in [2.75, 3.05) is 0 Å². The van der Waals surface area contributed by atoms with Crippen LogP contribution in [0.1, 0.15) is 5.69 Å². The molecule has 0 saturated carbocycles. The van der Waals surface area contributed by atoms with Gasteiger partial charge in [0.25, 0.3) is 0 Å². The fourth-order valence-electron chi connectivity index (χ4n) is 2.62. The van der Waals surface area contributed by atoms with E-state index in [4.69, 9.17) is 4.74 Å². The first-order valence-electron chi connectivity index (χ1n) is 7.97. The fourth-order valence-corrected chi connectivity index (χ4v) is 2.62. The van der Waals surface area contributed by atoms with Crippen LogP contribution in [0, 0.1) is 0 Å². The Labute approximate surface area is 145 Å². The molecule has 0 atom stereocenters. The van der Waals surface area contributed by atoms with Crippen molar-refractivity contribution in [3.05, 3.63) is 85.1 Å². The molecule has 122 valence electrons. The number of aromatic amines is 1. The molecule has 5 nitrogen and oxygen atoms in total. The zero-order valence-corrected chi connectivity index (χ0v) is 13.5. The normalized spacial score (nSPS) is 10.6. The van der Waals surface area contributed by atoms with Gasteiger partial charge in [-0.3, -0.25) is 15.1 Å². The van der Waals surface area contributed by atoms with Crippen molar-refractivity contribution in [1.82, 2.24) is 20.2 Å². The van der Waals surface area contributed by atoms with Gasteiger partial charge in [0.1, 0.15) is 12.4 Å². The lowest BCUT2D eigenvalue weighted by atomic mass is 10.0. The van der Waals surface area contributed by atoms with Crippen LogP contribution in [0.2, 0.25) is 0 Å². The quantitative estimate of drug-likeness (QED) is 0.599. The molecule has 0 saturated heterocycles. The van der Waals surface area contributed by atoms with Crippen LogP contribution in [-0.4, -0.2) is 20.2 Å². The molecule has 0 spiro atoms. The van der Waals surface area contributed by atoms with Gasteiger partial charge in [-0.15, -0.1) is 0 Å². The van der Waals surface area contributed by atoms with E-state index in [-0.39, 0.29) is 0 Å². The van der Waals surface area contributed by atoms with Crippen LogP contribution in [-0.2, 0) is 6.61 Å². The van der Waals surface area contributed by atoms with Crippen LogP contribution >= 0.6 is 0 Å². The topological polar surface area (TPSA) is 63.7 Å². The first kappa shape index (κ1) is 15.1. The number of H-pyrrole nitrogens is 1. The van der Waals surface area contributed by atoms with Gasteiger partial charge in [-0.1, -0.05) is 6.07 Å². The number of pyridine rings is 2. The van der Waals surface area contributed by atoms with E-state index in [1.807, 2.05) is 60.8 Å². The second kappa shape index (κ2) is 6.97. The smallest absolute Gasteiger partial charge is 0.130 e. The van der Waals surface area contributed by atoms with E-state index < -0.39 is 0 Å². The molecule has 1 aromatic carbocycles. The Kier molecular flexibility index (Phi) is 4.20. The number of nitrogens with one attached hydrogen (secondary N) is 1. The maximum absolute atomic E-state index is 5.78. The van der Waals surface area contributed by atoms with E-state index in [1.54, 1.807) is 18.6 Å². The van der Waals surface area contributed by atoms with Crippen molar-refractivity contribution in [2.45, 2.75) is 6.61 Å². The van der Waals surface area contributed by atoms with E-state index in [2.05, 4.69) is 20.2 Å². The predicted molar refractivity (Wildman–Crippen MR) is 95.8 cm³/mol. The van der Waals surface area contributed by atoms with E-state index >= 15 is 0 Å². The van der Waals surface area contributed by atoms with Gasteiger partial charge < -0.3 is 4.74 Å². The molecule has 0 bridgehead atoms. The molecule has 0 unspecified atom stereocenters. The third kappa shape index (κ3) is 3.40. The maximum Gasteiger partial charge on any atom is 0.130 e. The highest BCUT2D eigenvalue weighted by atomic mass is 16.5. The summed E-state index contributed by atoms with van der Waals surface area (Å²) >= 11 is 0. The average Bonchev–Trinajstić information content (AvgIpc) is 3.18. The van der Waals surface area contributed by atoms with Crippen molar-refractivity contribution >= 4 is 0 Å². The molecule has 0 fully saturated rings. The molecule has 0 aliphatic carbocycles. The Hall–Kier alpha value is -3.47. The summed E-state index contributed by atoms with van der Waals surface area (Å²) in [6.07, 6.45) is 7.15. The standard InChI is InChI=1S/C20H16N4O/c1-2-10-22-17(3-1)14-25-18-6-4-16(5-7-18)20-19(13-23-24-20)15-8-11-21-12-9-15/h1-13H,14H2,(H,23,24). The maximum atomic E-state index is 5.78. The second-order valence-electron chi connectivity index (χ2n) is 5.53. The third-order valence-electron chi connectivity index (χ3n) is 3.89. The summed E-state index contributed by atoms with van der Waals surface area (Å²) in [7, 11) is 0. The fraction of sp³-hybridized carbons (Fsp3) is 0.0500. The Morgan fingerprint density at radius 3 is 2.44 bits per heavy atom. The number of hydrogen-bond donors (Lipinski definition) is 1. The number of benzene rings is 1. The van der Waals surface area contributed by atoms with Gasteiger partial charge in [0, 0.05) is 29.7 Å². The minimum absolute atomic E-state index is 0.451. The molecule has 25 heavy (non-hydrogen) atoms. The molecule has 0 aliphatic rings. The Morgan fingerprint density at radius 2 is 1.68 bits per heavy atom. The van der Waals surface area contributed by atoms with Gasteiger partial charge in [0.05, 0.1) is 17.6 Å². The molecule has 4 aromatic rings. The number of nitrogens with zero attached hydrogens (tertiary/aromatic N) is 3. The molecule has 0 radical (unpaired) electrons. The average molecular weight is 328 g/mol. The van der Waals surface area contributed by atoms with E-state index in [0.29, 0.717) is 6.61 Å². The van der Waals surface area contributed by atoms with Crippen LogP contribution < -0.4 is 4.74 Å². The third-order valence-corrected chi connectivity index (χ3v) is 3.89. The largest absolute Gasteiger partial charge is 0.487 e. The van der Waals surface area contributed by atoms with Crippen LogP contribution in [0.5, 0.6) is 5.75 Å². The zero-order valence-electron chi connectivity index (χ0n) is 13.5. The van der Waals surface area contributed by atoms with Crippen LogP contribution in [0.15, 0.2) is 79.4 Å². The van der Waals surface area contributed by atoms with Crippen molar-refractivity contribution < 1.29 is 4.74 Å². The first-order chi connectivity index (χ1) is 12.4. The van der Waals surface area contributed by atoms with Crippen LogP contribution in [0.25, 0.3) is 22.4 Å². The highest BCUT2D eigenvalue weighted by Crippen LogP contribution is 2.30. The Balaban J connectivity index is 1.52. The van der Waals surface area contributed by atoms with E-state index in [9.17, 15) is 0 Å². The molecular weight excluding hydrogens is 312 g/mol. The Bertz CT molecular complexity index is 934. The Morgan fingerprint density at radius 1 is 0.840 bits per heavy atom. The number of hydrogen-bond acceptors (Lipinski definition) is 4. The molecule has 3 heterocycles. The summed E-state index contributed by atoms with van der Waals surface area (Å²) < 4.78 is 5.78. The molecule has 3 aromatic heterocycles. The lowest BCUT2D eigenvalue weighted by Crippen LogP contribution is -1.97. The zero-order chi connectivity index (χ0) is 16.9. The molecule has 4 rings (SSSR count). The van der Waals surface area contributed by atoms with Gasteiger partial charge >= 0.3 is 0 Å². The minimum Gasteiger partial charge on any atom is -0.487 e. The van der Waals surface area contributed by atoms with Crippen molar-refractivity contribution in [3.8, 4) is 28.1 Å². The van der Waals surface area contributed by atoms with Crippen molar-refractivity contribution in [2.24, 2.45) is 0 Å². The summed E-state index contributed by atoms with van der Waals surface area (Å²) in [4.78, 5) is 8.32. The lowest BCUT2D eigenvalue weighted by molar-refractivity contribution is 0.301. The minimum atomic E-state index is 0.451. The molecule has 0 aliphatic heterocycles. The highest BCUT2D eigenvalue weighted by Gasteiger charge is 2.10. The monoisotopic (exact) mass is 328 g/mol. The number of aromatic nitrogens is 4. The summed E-state index contributed by atoms with van der Waals surface area (Å²) in [5, 5.41) is 7.27. The molecular formula is C20H16N4O. The summed E-state index contributed by atoms with van der Waals surface area (Å²) in [5.41, 5.74) is 5.05. The van der Waals surface area contributed by atoms with E-state index in [1.165, 1.54) is 0 Å². The second-order valence-corrected chi connectivity index (χ2v) is 5.53. The summed E-state index contributed by atoms with van der Waals surface area (Å²) in [6, 6.07) is 17.7. The SMILES string of the molecule is c1ccc(COc2ccc(-c3[nH]ncc3-c3ccncc3)cc2)nc1. The lowest BCUT2D eigenvalue weighted by Gasteiger charge is -2.07. The first-order valence-corrected chi connectivity index (χ1v) is 7.97. The predicted octanol–water partition coefficient (Wildman–Crippen LogP) is 4.11. The molecule has 0 amide bonds. The van der Waals surface area contributed by atoms with Gasteiger partial charge in [-0.2, -0.15) is 5.10 Å². The summed E-state index contributed by atoms with van der Waals surface area (Å²) in [5.74, 6) is 0.805. The molecule has 5 heteroatoms. The van der Waals surface area contributed by atoms with Gasteiger partial charge in [0.2, 0.25) is 0 Å².